The van der Waals surface area contributed by atoms with E-state index in [-0.39, 0.29) is 36.9 Å². The first-order valence-corrected chi connectivity index (χ1v) is 9.83. The number of hydrogen-bond donors (Lipinski definition) is 2. The zero-order chi connectivity index (χ0) is 17.0. The first-order chi connectivity index (χ1) is 10.8. The minimum Gasteiger partial charge on any atom is -0.396 e. The molecule has 2 amide bonds. The van der Waals surface area contributed by atoms with E-state index in [1.54, 1.807) is 4.90 Å². The molecule has 0 bridgehead atoms. The van der Waals surface area contributed by atoms with Crippen LogP contribution in [0.25, 0.3) is 0 Å². The predicted molar refractivity (Wildman–Crippen MR) is 84.0 cm³/mol. The van der Waals surface area contributed by atoms with Crippen LogP contribution in [-0.4, -0.2) is 80.2 Å². The van der Waals surface area contributed by atoms with Crippen LogP contribution in [0.1, 0.15) is 25.7 Å². The molecular weight excluding hydrogens is 322 g/mol. The van der Waals surface area contributed by atoms with E-state index in [2.05, 4.69) is 4.72 Å². The second-order valence-corrected chi connectivity index (χ2v) is 8.09. The zero-order valence-corrected chi connectivity index (χ0v) is 14.2. The van der Waals surface area contributed by atoms with Gasteiger partial charge in [0.05, 0.1) is 12.8 Å². The van der Waals surface area contributed by atoms with Crippen LogP contribution in [-0.2, 0) is 19.6 Å². The average Bonchev–Trinajstić information content (AvgIpc) is 2.50. The summed E-state index contributed by atoms with van der Waals surface area (Å²) in [7, 11) is -3.38. The molecule has 2 aliphatic heterocycles. The van der Waals surface area contributed by atoms with Crippen molar-refractivity contribution in [1.29, 1.82) is 0 Å². The van der Waals surface area contributed by atoms with Gasteiger partial charge in [0, 0.05) is 38.7 Å². The number of hydrogen-bond acceptors (Lipinski definition) is 5. The van der Waals surface area contributed by atoms with Gasteiger partial charge < -0.3 is 14.9 Å². The van der Waals surface area contributed by atoms with Crippen molar-refractivity contribution in [2.24, 2.45) is 5.92 Å². The molecule has 2 saturated heterocycles. The lowest BCUT2D eigenvalue weighted by Crippen LogP contribution is -2.57. The molecule has 132 valence electrons. The third kappa shape index (κ3) is 4.89. The van der Waals surface area contributed by atoms with E-state index in [0.29, 0.717) is 38.9 Å². The van der Waals surface area contributed by atoms with Gasteiger partial charge in [-0.15, -0.1) is 0 Å². The van der Waals surface area contributed by atoms with Crippen LogP contribution in [0.4, 0.5) is 0 Å². The minimum absolute atomic E-state index is 0.0585. The van der Waals surface area contributed by atoms with Crippen LogP contribution in [0.2, 0.25) is 0 Å². The van der Waals surface area contributed by atoms with Crippen molar-refractivity contribution in [3.05, 3.63) is 0 Å². The molecule has 23 heavy (non-hydrogen) atoms. The summed E-state index contributed by atoms with van der Waals surface area (Å²) in [6.45, 7) is 1.47. The molecule has 2 atom stereocenters. The Morgan fingerprint density at radius 1 is 1.39 bits per heavy atom. The Labute approximate surface area is 136 Å². The highest BCUT2D eigenvalue weighted by Gasteiger charge is 2.39. The van der Waals surface area contributed by atoms with Crippen molar-refractivity contribution in [2.75, 3.05) is 39.0 Å². The zero-order valence-electron chi connectivity index (χ0n) is 13.4. The maximum absolute atomic E-state index is 12.1. The number of carbonyl (C=O) groups excluding carboxylic acids is 2. The molecule has 0 aromatic rings. The Morgan fingerprint density at radius 3 is 2.78 bits per heavy atom. The lowest BCUT2D eigenvalue weighted by atomic mass is 9.83. The van der Waals surface area contributed by atoms with Crippen LogP contribution < -0.4 is 4.72 Å². The molecule has 2 rings (SSSR count). The fourth-order valence-corrected chi connectivity index (χ4v) is 3.80. The van der Waals surface area contributed by atoms with Crippen molar-refractivity contribution in [3.8, 4) is 0 Å². The molecule has 8 nitrogen and oxygen atoms in total. The van der Waals surface area contributed by atoms with Crippen LogP contribution in [0, 0.1) is 5.92 Å². The van der Waals surface area contributed by atoms with Crippen molar-refractivity contribution in [3.63, 3.8) is 0 Å². The summed E-state index contributed by atoms with van der Waals surface area (Å²) in [5, 5.41) is 8.97. The second kappa shape index (κ2) is 7.59. The number of amides is 2. The van der Waals surface area contributed by atoms with Gasteiger partial charge in [0.2, 0.25) is 21.8 Å². The van der Waals surface area contributed by atoms with Crippen molar-refractivity contribution >= 4 is 21.8 Å². The summed E-state index contributed by atoms with van der Waals surface area (Å²) < 4.78 is 24.4. The van der Waals surface area contributed by atoms with Gasteiger partial charge in [-0.2, -0.15) is 0 Å². The summed E-state index contributed by atoms with van der Waals surface area (Å²) in [4.78, 5) is 27.7. The van der Waals surface area contributed by atoms with Gasteiger partial charge in [-0.25, -0.2) is 13.1 Å². The number of aliphatic hydroxyl groups excluding tert-OH is 1. The third-order valence-electron chi connectivity index (χ3n) is 4.54. The monoisotopic (exact) mass is 347 g/mol. The summed E-state index contributed by atoms with van der Waals surface area (Å²) in [5.74, 6) is 0.119. The fraction of sp³-hybridized carbons (Fsp3) is 0.857. The lowest BCUT2D eigenvalue weighted by molar-refractivity contribution is -0.144. The molecule has 2 N–H and O–H groups in total. The van der Waals surface area contributed by atoms with E-state index < -0.39 is 10.0 Å². The average molecular weight is 347 g/mol. The number of sulfonamides is 1. The molecule has 9 heteroatoms. The fourth-order valence-electron chi connectivity index (χ4n) is 3.41. The van der Waals surface area contributed by atoms with E-state index in [0.717, 1.165) is 12.7 Å². The Bertz CT molecular complexity index is 551. The third-order valence-corrected chi connectivity index (χ3v) is 5.21. The maximum Gasteiger partial charge on any atom is 0.237 e. The van der Waals surface area contributed by atoms with Gasteiger partial charge in [-0.3, -0.25) is 9.59 Å². The topological polar surface area (TPSA) is 107 Å². The first-order valence-electron chi connectivity index (χ1n) is 7.94. The number of rotatable bonds is 6. The molecule has 0 aromatic heterocycles. The number of nitrogens with one attached hydrogen (secondary N) is 1. The molecule has 0 spiro atoms. The molecule has 0 unspecified atom stereocenters. The van der Waals surface area contributed by atoms with E-state index in [9.17, 15) is 18.0 Å². The van der Waals surface area contributed by atoms with Crippen molar-refractivity contribution < 1.29 is 23.1 Å². The lowest BCUT2D eigenvalue weighted by Gasteiger charge is -2.47. The number of fused-ring (bicyclic) bond motifs is 1. The number of carbonyl (C=O) groups is 2. The number of likely N-dealkylation sites (tertiary alicyclic amines) is 2. The Balaban J connectivity index is 1.93. The number of nitrogens with zero attached hydrogens (tertiary/aromatic N) is 2. The minimum atomic E-state index is -3.38. The van der Waals surface area contributed by atoms with Crippen LogP contribution in [0.5, 0.6) is 0 Å². The van der Waals surface area contributed by atoms with Gasteiger partial charge in [0.25, 0.3) is 0 Å². The highest BCUT2D eigenvalue weighted by atomic mass is 32.2. The second-order valence-electron chi connectivity index (χ2n) is 6.25. The maximum atomic E-state index is 12.1. The van der Waals surface area contributed by atoms with Crippen LogP contribution in [0.3, 0.4) is 0 Å². The highest BCUT2D eigenvalue weighted by Crippen LogP contribution is 2.31. The van der Waals surface area contributed by atoms with Crippen molar-refractivity contribution in [1.82, 2.24) is 14.5 Å². The van der Waals surface area contributed by atoms with Gasteiger partial charge in [0.1, 0.15) is 0 Å². The predicted octanol–water partition coefficient (Wildman–Crippen LogP) is -1.24. The summed E-state index contributed by atoms with van der Waals surface area (Å²) in [5.41, 5.74) is 0. The normalized spacial score (nSPS) is 25.4. The summed E-state index contributed by atoms with van der Waals surface area (Å²) in [6.07, 6.45) is 3.51. The van der Waals surface area contributed by atoms with Gasteiger partial charge in [-0.1, -0.05) is 0 Å². The molecular formula is C14H25N3O5S. The Kier molecular flexibility index (Phi) is 5.99. The quantitative estimate of drug-likeness (QED) is 0.625. The molecule has 2 fully saturated rings. The van der Waals surface area contributed by atoms with Gasteiger partial charge in [-0.05, 0) is 25.2 Å². The molecule has 0 saturated carbocycles. The van der Waals surface area contributed by atoms with Crippen molar-refractivity contribution in [2.45, 2.75) is 31.7 Å². The molecule has 2 heterocycles. The van der Waals surface area contributed by atoms with E-state index in [1.165, 1.54) is 0 Å². The van der Waals surface area contributed by atoms with Crippen LogP contribution in [0.15, 0.2) is 0 Å². The summed E-state index contributed by atoms with van der Waals surface area (Å²) >= 11 is 0. The van der Waals surface area contributed by atoms with E-state index in [4.69, 9.17) is 5.11 Å². The molecule has 0 aliphatic carbocycles. The van der Waals surface area contributed by atoms with Crippen LogP contribution >= 0.6 is 0 Å². The number of aliphatic hydroxyl groups is 1. The van der Waals surface area contributed by atoms with Gasteiger partial charge in [0.15, 0.2) is 0 Å². The van der Waals surface area contributed by atoms with E-state index in [1.807, 2.05) is 4.90 Å². The molecule has 2 aliphatic rings. The SMILES string of the molecule is CS(=O)(=O)NCC(=O)N1CC[C@@H]2[C@@H](CCC(=O)N2CCCO)C1. The largest absolute Gasteiger partial charge is 0.396 e. The highest BCUT2D eigenvalue weighted by molar-refractivity contribution is 7.88. The Hall–Kier alpha value is -1.19. The standard InChI is InChI=1S/C14H25N3O5S/c1-23(21,22)15-9-14(20)16-7-5-12-11(10-16)3-4-13(19)17(12)6-2-8-18/h11-12,15,18H,2-10H2,1H3/t11-,12+/m0/s1. The first kappa shape index (κ1) is 18.2. The van der Waals surface area contributed by atoms with Gasteiger partial charge >= 0.3 is 0 Å². The molecule has 0 radical (unpaired) electrons. The number of piperidine rings is 2. The Morgan fingerprint density at radius 2 is 2.13 bits per heavy atom. The van der Waals surface area contributed by atoms with E-state index >= 15 is 0 Å². The summed E-state index contributed by atoms with van der Waals surface area (Å²) in [6, 6.07) is 0.120. The smallest absolute Gasteiger partial charge is 0.237 e. The molecule has 0 aromatic carbocycles.